The van der Waals surface area contributed by atoms with Crippen molar-refractivity contribution < 1.29 is 13.6 Å². The van der Waals surface area contributed by atoms with Crippen molar-refractivity contribution in [3.8, 4) is 0 Å². The lowest BCUT2D eigenvalue weighted by Crippen LogP contribution is -2.35. The number of benzene rings is 2. The van der Waals surface area contributed by atoms with Gasteiger partial charge in [0.2, 0.25) is 5.91 Å². The molecule has 3 nitrogen and oxygen atoms in total. The third kappa shape index (κ3) is 4.75. The van der Waals surface area contributed by atoms with E-state index in [0.717, 1.165) is 30.5 Å². The van der Waals surface area contributed by atoms with E-state index in [1.165, 1.54) is 17.8 Å². The van der Waals surface area contributed by atoms with E-state index in [1.807, 2.05) is 42.2 Å². The molecule has 0 bridgehead atoms. The summed E-state index contributed by atoms with van der Waals surface area (Å²) < 4.78 is 26.5. The van der Waals surface area contributed by atoms with Crippen LogP contribution in [0.25, 0.3) is 0 Å². The van der Waals surface area contributed by atoms with Crippen LogP contribution in [0.5, 0.6) is 0 Å². The van der Waals surface area contributed by atoms with E-state index in [9.17, 15) is 13.6 Å². The zero-order valence-corrected chi connectivity index (χ0v) is 15.4. The maximum Gasteiger partial charge on any atom is 0.233 e. The lowest BCUT2D eigenvalue weighted by Gasteiger charge is -2.19. The smallest absolute Gasteiger partial charge is 0.233 e. The van der Waals surface area contributed by atoms with Crippen LogP contribution in [0.2, 0.25) is 0 Å². The van der Waals surface area contributed by atoms with Crippen LogP contribution in [0.15, 0.2) is 53.4 Å². The molecule has 0 aliphatic carbocycles. The summed E-state index contributed by atoms with van der Waals surface area (Å²) >= 11 is 1.53. The van der Waals surface area contributed by atoms with Gasteiger partial charge in [0.15, 0.2) is 11.6 Å². The Balaban J connectivity index is 1.46. The fourth-order valence-electron chi connectivity index (χ4n) is 3.06. The van der Waals surface area contributed by atoms with Crippen LogP contribution >= 0.6 is 11.8 Å². The first kappa shape index (κ1) is 18.7. The van der Waals surface area contributed by atoms with Gasteiger partial charge in [-0.15, -0.1) is 11.8 Å². The average Bonchev–Trinajstić information content (AvgIpc) is 3.12. The zero-order chi connectivity index (χ0) is 18.5. The number of halogens is 2. The van der Waals surface area contributed by atoms with Crippen LogP contribution in [0, 0.1) is 17.6 Å². The number of hydrogen-bond donors (Lipinski definition) is 1. The van der Waals surface area contributed by atoms with Gasteiger partial charge >= 0.3 is 0 Å². The first-order valence-corrected chi connectivity index (χ1v) is 9.60. The van der Waals surface area contributed by atoms with Crippen molar-refractivity contribution in [3.05, 3.63) is 60.2 Å². The Morgan fingerprint density at radius 3 is 2.73 bits per heavy atom. The Kier molecular flexibility index (Phi) is 6.14. The molecular formula is C20H22F2N2OS. The molecule has 1 aliphatic heterocycles. The molecule has 1 N–H and O–H groups in total. The summed E-state index contributed by atoms with van der Waals surface area (Å²) in [6, 6.07) is 13.8. The molecular weight excluding hydrogens is 354 g/mol. The Morgan fingerprint density at radius 2 is 2.00 bits per heavy atom. The maximum absolute atomic E-state index is 13.4. The van der Waals surface area contributed by atoms with Crippen molar-refractivity contribution in [2.24, 2.45) is 5.92 Å². The van der Waals surface area contributed by atoms with Gasteiger partial charge in [0.1, 0.15) is 0 Å². The van der Waals surface area contributed by atoms with Gasteiger partial charge in [0.25, 0.3) is 0 Å². The molecule has 1 aliphatic rings. The number of thioether (sulfide) groups is 1. The summed E-state index contributed by atoms with van der Waals surface area (Å²) in [5.74, 6) is -1.33. The molecule has 6 heteroatoms. The molecule has 0 spiro atoms. The molecule has 1 heterocycles. The van der Waals surface area contributed by atoms with Gasteiger partial charge < -0.3 is 10.2 Å². The summed E-state index contributed by atoms with van der Waals surface area (Å²) in [7, 11) is 0. The minimum absolute atomic E-state index is 0.0186. The van der Waals surface area contributed by atoms with Crippen molar-refractivity contribution in [2.75, 3.05) is 24.5 Å². The van der Waals surface area contributed by atoms with Crippen LogP contribution in [-0.2, 0) is 4.79 Å². The number of nitrogens with one attached hydrogen (secondary N) is 1. The lowest BCUT2D eigenvalue weighted by atomic mass is 10.1. The molecule has 2 aromatic carbocycles. The summed E-state index contributed by atoms with van der Waals surface area (Å²) in [5, 5.41) is 2.85. The highest BCUT2D eigenvalue weighted by Crippen LogP contribution is 2.26. The predicted octanol–water partition coefficient (Wildman–Crippen LogP) is 4.09. The van der Waals surface area contributed by atoms with Gasteiger partial charge in [-0.05, 0) is 43.5 Å². The monoisotopic (exact) mass is 376 g/mol. The van der Waals surface area contributed by atoms with E-state index in [0.29, 0.717) is 18.2 Å². The third-order valence-corrected chi connectivity index (χ3v) is 5.66. The third-order valence-electron chi connectivity index (χ3n) is 4.54. The Bertz CT molecular complexity index is 757. The molecule has 3 rings (SSSR count). The highest BCUT2D eigenvalue weighted by atomic mass is 32.2. The number of amides is 1. The number of rotatable bonds is 6. The van der Waals surface area contributed by atoms with Crippen LogP contribution in [0.3, 0.4) is 0 Å². The molecule has 1 saturated heterocycles. The summed E-state index contributed by atoms with van der Waals surface area (Å²) in [6.45, 7) is 4.00. The quantitative estimate of drug-likeness (QED) is 0.771. The zero-order valence-electron chi connectivity index (χ0n) is 14.6. The van der Waals surface area contributed by atoms with Gasteiger partial charge in [-0.2, -0.15) is 0 Å². The highest BCUT2D eigenvalue weighted by molar-refractivity contribution is 8.00. The Labute approximate surface area is 156 Å². The number of carbonyl (C=O) groups excluding carboxylic acids is 1. The topological polar surface area (TPSA) is 32.3 Å². The van der Waals surface area contributed by atoms with E-state index in [1.54, 1.807) is 6.07 Å². The maximum atomic E-state index is 13.4. The van der Waals surface area contributed by atoms with Crippen molar-refractivity contribution in [1.82, 2.24) is 5.32 Å². The van der Waals surface area contributed by atoms with Crippen molar-refractivity contribution in [2.45, 2.75) is 23.5 Å². The molecule has 0 saturated carbocycles. The standard InChI is InChI=1S/C20H22F2N2OS/c1-14(26-17-5-3-2-4-6-17)20(25)23-12-15-9-10-24(13-15)16-7-8-18(21)19(22)11-16/h2-8,11,14-15H,9-10,12-13H2,1H3,(H,23,25). The highest BCUT2D eigenvalue weighted by Gasteiger charge is 2.24. The fraction of sp³-hybridized carbons (Fsp3) is 0.350. The Morgan fingerprint density at radius 1 is 1.23 bits per heavy atom. The minimum Gasteiger partial charge on any atom is -0.371 e. The van der Waals surface area contributed by atoms with Gasteiger partial charge in [0.05, 0.1) is 5.25 Å². The normalized spacial score (nSPS) is 18.0. The number of hydrogen-bond acceptors (Lipinski definition) is 3. The molecule has 138 valence electrons. The molecule has 1 fully saturated rings. The van der Waals surface area contributed by atoms with Gasteiger partial charge in [0, 0.05) is 36.3 Å². The second kappa shape index (κ2) is 8.54. The van der Waals surface area contributed by atoms with Crippen LogP contribution in [-0.4, -0.2) is 30.8 Å². The molecule has 1 amide bonds. The van der Waals surface area contributed by atoms with E-state index in [2.05, 4.69) is 5.32 Å². The first-order valence-electron chi connectivity index (χ1n) is 8.72. The molecule has 2 atom stereocenters. The van der Waals surface area contributed by atoms with Crippen LogP contribution in [0.1, 0.15) is 13.3 Å². The second-order valence-corrected chi connectivity index (χ2v) is 7.93. The first-order chi connectivity index (χ1) is 12.5. The van der Waals surface area contributed by atoms with Gasteiger partial charge in [-0.3, -0.25) is 4.79 Å². The van der Waals surface area contributed by atoms with E-state index in [-0.39, 0.29) is 11.2 Å². The number of carbonyl (C=O) groups is 1. The molecule has 2 unspecified atom stereocenters. The van der Waals surface area contributed by atoms with Crippen molar-refractivity contribution in [3.63, 3.8) is 0 Å². The second-order valence-electron chi connectivity index (χ2n) is 6.52. The minimum atomic E-state index is -0.832. The summed E-state index contributed by atoms with van der Waals surface area (Å²) in [5.41, 5.74) is 0.686. The summed E-state index contributed by atoms with van der Waals surface area (Å²) in [4.78, 5) is 15.4. The van der Waals surface area contributed by atoms with E-state index < -0.39 is 11.6 Å². The van der Waals surface area contributed by atoms with Gasteiger partial charge in [-0.25, -0.2) is 8.78 Å². The van der Waals surface area contributed by atoms with Crippen molar-refractivity contribution >= 4 is 23.4 Å². The molecule has 2 aromatic rings. The summed E-state index contributed by atoms with van der Waals surface area (Å²) in [6.07, 6.45) is 0.916. The van der Waals surface area contributed by atoms with Crippen LogP contribution in [0.4, 0.5) is 14.5 Å². The SMILES string of the molecule is CC(Sc1ccccc1)C(=O)NCC1CCN(c2ccc(F)c(F)c2)C1. The largest absolute Gasteiger partial charge is 0.371 e. The molecule has 26 heavy (non-hydrogen) atoms. The lowest BCUT2D eigenvalue weighted by molar-refractivity contribution is -0.120. The average molecular weight is 376 g/mol. The van der Waals surface area contributed by atoms with E-state index in [4.69, 9.17) is 0 Å². The molecule has 0 aromatic heterocycles. The Hall–Kier alpha value is -2.08. The van der Waals surface area contributed by atoms with Crippen molar-refractivity contribution in [1.29, 1.82) is 0 Å². The predicted molar refractivity (Wildman–Crippen MR) is 101 cm³/mol. The molecule has 0 radical (unpaired) electrons. The fourth-order valence-corrected chi connectivity index (χ4v) is 3.97. The van der Waals surface area contributed by atoms with E-state index >= 15 is 0 Å². The van der Waals surface area contributed by atoms with Gasteiger partial charge in [-0.1, -0.05) is 18.2 Å². The number of anilines is 1. The number of nitrogens with zero attached hydrogens (tertiary/aromatic N) is 1. The van der Waals surface area contributed by atoms with Crippen LogP contribution < -0.4 is 10.2 Å².